The van der Waals surface area contributed by atoms with E-state index >= 15 is 0 Å². The van der Waals surface area contributed by atoms with Crippen molar-refractivity contribution in [2.45, 2.75) is 45.4 Å². The van der Waals surface area contributed by atoms with Crippen LogP contribution in [0.1, 0.15) is 48.6 Å². The number of carbonyl (C=O) groups is 2. The molecule has 7 nitrogen and oxygen atoms in total. The summed E-state index contributed by atoms with van der Waals surface area (Å²) >= 11 is 1.26. The van der Waals surface area contributed by atoms with E-state index in [1.165, 1.54) is 36.0 Å². The number of halogens is 1. The van der Waals surface area contributed by atoms with Gasteiger partial charge < -0.3 is 15.2 Å². The topological polar surface area (TPSA) is 88.9 Å². The van der Waals surface area contributed by atoms with E-state index in [0.717, 1.165) is 5.56 Å². The molecule has 0 aliphatic heterocycles. The van der Waals surface area contributed by atoms with Gasteiger partial charge in [0, 0.05) is 17.8 Å². The number of nitrogens with zero attached hydrogens (tertiary/aromatic N) is 3. The Bertz CT molecular complexity index is 1110. The van der Waals surface area contributed by atoms with E-state index in [0.29, 0.717) is 28.8 Å². The zero-order valence-electron chi connectivity index (χ0n) is 19.1. The lowest BCUT2D eigenvalue weighted by molar-refractivity contribution is -0.113. The Hall–Kier alpha value is -3.20. The number of anilines is 1. The monoisotopic (exact) mass is 469 g/mol. The molecule has 0 saturated heterocycles. The fourth-order valence-corrected chi connectivity index (χ4v) is 4.14. The SMILES string of the molecule is CCn1c(SCC(=O)Nc2ccc(F)cc2)nnc1[C@@H](NC(=O)c1cccc(C)c1)C(C)C. The van der Waals surface area contributed by atoms with Crippen molar-refractivity contribution in [3.8, 4) is 0 Å². The van der Waals surface area contributed by atoms with Gasteiger partial charge in [0.15, 0.2) is 11.0 Å². The second-order valence-corrected chi connectivity index (χ2v) is 8.94. The van der Waals surface area contributed by atoms with Gasteiger partial charge in [0.2, 0.25) is 5.91 Å². The van der Waals surface area contributed by atoms with Crippen LogP contribution >= 0.6 is 11.8 Å². The quantitative estimate of drug-likeness (QED) is 0.447. The molecule has 0 aliphatic carbocycles. The van der Waals surface area contributed by atoms with E-state index in [1.54, 1.807) is 6.07 Å². The molecule has 0 aliphatic rings. The van der Waals surface area contributed by atoms with Crippen LogP contribution in [0.4, 0.5) is 10.1 Å². The molecular formula is C24H28FN5O2S. The van der Waals surface area contributed by atoms with Gasteiger partial charge in [-0.3, -0.25) is 9.59 Å². The number of hydrogen-bond acceptors (Lipinski definition) is 5. The van der Waals surface area contributed by atoms with Crippen molar-refractivity contribution >= 4 is 29.3 Å². The Labute approximate surface area is 197 Å². The van der Waals surface area contributed by atoms with Gasteiger partial charge in [-0.2, -0.15) is 0 Å². The molecule has 1 aromatic heterocycles. The Morgan fingerprint density at radius 1 is 1.12 bits per heavy atom. The van der Waals surface area contributed by atoms with Crippen molar-refractivity contribution in [1.29, 1.82) is 0 Å². The third-order valence-corrected chi connectivity index (χ3v) is 6.00. The van der Waals surface area contributed by atoms with Crippen molar-refractivity contribution < 1.29 is 14.0 Å². The zero-order valence-corrected chi connectivity index (χ0v) is 19.9. The Morgan fingerprint density at radius 2 is 1.85 bits per heavy atom. The van der Waals surface area contributed by atoms with Crippen molar-refractivity contribution in [3.63, 3.8) is 0 Å². The van der Waals surface area contributed by atoms with Gasteiger partial charge in [-0.25, -0.2) is 4.39 Å². The van der Waals surface area contributed by atoms with E-state index in [-0.39, 0.29) is 35.3 Å². The van der Waals surface area contributed by atoms with Crippen LogP contribution < -0.4 is 10.6 Å². The Morgan fingerprint density at radius 3 is 2.48 bits per heavy atom. The highest BCUT2D eigenvalue weighted by Crippen LogP contribution is 2.26. The molecule has 3 rings (SSSR count). The maximum atomic E-state index is 13.0. The summed E-state index contributed by atoms with van der Waals surface area (Å²) in [5, 5.41) is 15.0. The van der Waals surface area contributed by atoms with Gasteiger partial charge in [0.1, 0.15) is 5.82 Å². The summed E-state index contributed by atoms with van der Waals surface area (Å²) in [7, 11) is 0. The summed E-state index contributed by atoms with van der Waals surface area (Å²) in [6.45, 7) is 8.53. The molecule has 2 amide bonds. The lowest BCUT2D eigenvalue weighted by Gasteiger charge is -2.22. The average molecular weight is 470 g/mol. The molecule has 9 heteroatoms. The molecule has 33 heavy (non-hydrogen) atoms. The van der Waals surface area contributed by atoms with Crippen molar-refractivity contribution in [2.24, 2.45) is 5.92 Å². The van der Waals surface area contributed by atoms with E-state index in [2.05, 4.69) is 20.8 Å². The first-order chi connectivity index (χ1) is 15.8. The normalized spacial score (nSPS) is 11.9. The third kappa shape index (κ3) is 6.41. The number of benzene rings is 2. The van der Waals surface area contributed by atoms with Crippen LogP contribution in [0.25, 0.3) is 0 Å². The van der Waals surface area contributed by atoms with E-state index in [4.69, 9.17) is 0 Å². The molecule has 2 N–H and O–H groups in total. The van der Waals surface area contributed by atoms with E-state index in [1.807, 2.05) is 50.5 Å². The molecular weight excluding hydrogens is 441 g/mol. The summed E-state index contributed by atoms with van der Waals surface area (Å²) in [6, 6.07) is 12.7. The largest absolute Gasteiger partial charge is 0.342 e. The maximum absolute atomic E-state index is 13.0. The maximum Gasteiger partial charge on any atom is 0.251 e. The second-order valence-electron chi connectivity index (χ2n) is 7.99. The number of carbonyl (C=O) groups excluding carboxylic acids is 2. The lowest BCUT2D eigenvalue weighted by atomic mass is 10.0. The van der Waals surface area contributed by atoms with Crippen molar-refractivity contribution in [2.75, 3.05) is 11.1 Å². The Balaban J connectivity index is 1.70. The van der Waals surface area contributed by atoms with Gasteiger partial charge in [-0.1, -0.05) is 43.3 Å². The zero-order chi connectivity index (χ0) is 24.0. The summed E-state index contributed by atoms with van der Waals surface area (Å²) < 4.78 is 14.9. The molecule has 0 unspecified atom stereocenters. The van der Waals surface area contributed by atoms with Crippen molar-refractivity contribution in [3.05, 3.63) is 71.3 Å². The highest BCUT2D eigenvalue weighted by molar-refractivity contribution is 7.99. The third-order valence-electron chi connectivity index (χ3n) is 5.03. The van der Waals surface area contributed by atoms with Gasteiger partial charge in [0.05, 0.1) is 11.8 Å². The van der Waals surface area contributed by atoms with Gasteiger partial charge in [-0.15, -0.1) is 10.2 Å². The number of aromatic nitrogens is 3. The van der Waals surface area contributed by atoms with Crippen LogP contribution in [0.2, 0.25) is 0 Å². The fraction of sp³-hybridized carbons (Fsp3) is 0.333. The number of hydrogen-bond donors (Lipinski definition) is 2. The van der Waals surface area contributed by atoms with E-state index in [9.17, 15) is 14.0 Å². The molecule has 0 spiro atoms. The highest BCUT2D eigenvalue weighted by Gasteiger charge is 2.26. The van der Waals surface area contributed by atoms with Crippen LogP contribution in [-0.2, 0) is 11.3 Å². The number of thioether (sulfide) groups is 1. The molecule has 0 fully saturated rings. The highest BCUT2D eigenvalue weighted by atomic mass is 32.2. The summed E-state index contributed by atoms with van der Waals surface area (Å²) in [4.78, 5) is 25.2. The minimum Gasteiger partial charge on any atom is -0.342 e. The molecule has 2 aromatic carbocycles. The van der Waals surface area contributed by atoms with Crippen LogP contribution in [-0.4, -0.2) is 32.3 Å². The van der Waals surface area contributed by atoms with Crippen LogP contribution in [0.3, 0.4) is 0 Å². The summed E-state index contributed by atoms with van der Waals surface area (Å²) in [5.74, 6) is 0.0863. The van der Waals surface area contributed by atoms with E-state index < -0.39 is 0 Å². The molecule has 3 aromatic rings. The molecule has 1 heterocycles. The standard InChI is InChI=1S/C24H28FN5O2S/c1-5-30-22(21(15(2)3)27-23(32)17-8-6-7-16(4)13-17)28-29-24(30)33-14-20(31)26-19-11-9-18(25)10-12-19/h6-13,15,21H,5,14H2,1-4H3,(H,26,31)(H,27,32)/t21-/m0/s1. The number of nitrogens with one attached hydrogen (secondary N) is 2. The molecule has 174 valence electrons. The minimum atomic E-state index is -0.361. The molecule has 1 atom stereocenters. The van der Waals surface area contributed by atoms with Crippen LogP contribution in [0.15, 0.2) is 53.7 Å². The summed E-state index contributed by atoms with van der Waals surface area (Å²) in [6.07, 6.45) is 0. The number of rotatable bonds is 9. The average Bonchev–Trinajstić information content (AvgIpc) is 3.19. The number of amides is 2. The fourth-order valence-electron chi connectivity index (χ4n) is 3.33. The number of aryl methyl sites for hydroxylation is 1. The lowest BCUT2D eigenvalue weighted by Crippen LogP contribution is -2.33. The smallest absolute Gasteiger partial charge is 0.251 e. The Kier molecular flexibility index (Phi) is 8.21. The van der Waals surface area contributed by atoms with Crippen molar-refractivity contribution in [1.82, 2.24) is 20.1 Å². The predicted molar refractivity (Wildman–Crippen MR) is 128 cm³/mol. The molecule has 0 saturated carbocycles. The first-order valence-corrected chi connectivity index (χ1v) is 11.8. The second kappa shape index (κ2) is 11.1. The first kappa shape index (κ1) is 24.4. The summed E-state index contributed by atoms with van der Waals surface area (Å²) in [5.41, 5.74) is 2.13. The first-order valence-electron chi connectivity index (χ1n) is 10.8. The van der Waals surface area contributed by atoms with Crippen LogP contribution in [0, 0.1) is 18.7 Å². The van der Waals surface area contributed by atoms with Gasteiger partial charge >= 0.3 is 0 Å². The predicted octanol–water partition coefficient (Wildman–Crippen LogP) is 4.60. The van der Waals surface area contributed by atoms with Gasteiger partial charge in [0.25, 0.3) is 5.91 Å². The van der Waals surface area contributed by atoms with Crippen LogP contribution in [0.5, 0.6) is 0 Å². The minimum absolute atomic E-state index is 0.0767. The molecule has 0 bridgehead atoms. The van der Waals surface area contributed by atoms with Gasteiger partial charge in [-0.05, 0) is 56.2 Å². The molecule has 0 radical (unpaired) electrons.